The molecule has 0 aromatic heterocycles. The molecule has 94 valence electrons. The zero-order valence-electron chi connectivity index (χ0n) is 9.58. The van der Waals surface area contributed by atoms with Crippen molar-refractivity contribution >= 4 is 18.6 Å². The van der Waals surface area contributed by atoms with E-state index in [-0.39, 0.29) is 11.0 Å². The van der Waals surface area contributed by atoms with E-state index in [1.165, 1.54) is 0 Å². The van der Waals surface area contributed by atoms with Gasteiger partial charge in [-0.05, 0) is 24.5 Å². The van der Waals surface area contributed by atoms with Gasteiger partial charge in [-0.25, -0.2) is 0 Å². The molecule has 1 aromatic rings. The maximum absolute atomic E-state index is 11.3. The standard InChI is InChI=1S/C10H14NO5P/c1-3-7-8(4-2)10(17(14,15)16)6-5-9(7)11(12)13/h5-6H,3-4H2,1-2H3,(H2,14,15,16). The molecule has 0 bridgehead atoms. The summed E-state index contributed by atoms with van der Waals surface area (Å²) >= 11 is 0. The zero-order chi connectivity index (χ0) is 13.2. The van der Waals surface area contributed by atoms with Crippen LogP contribution in [-0.2, 0) is 17.4 Å². The number of benzene rings is 1. The first-order chi connectivity index (χ1) is 7.82. The number of nitro benzene ring substituents is 1. The average Bonchev–Trinajstić information content (AvgIpc) is 2.25. The van der Waals surface area contributed by atoms with E-state index in [1.807, 2.05) is 0 Å². The summed E-state index contributed by atoms with van der Waals surface area (Å²) in [6.45, 7) is 3.45. The van der Waals surface area contributed by atoms with Crippen molar-refractivity contribution in [3.8, 4) is 0 Å². The lowest BCUT2D eigenvalue weighted by atomic mass is 10.0. The second kappa shape index (κ2) is 4.96. The fraction of sp³-hybridized carbons (Fsp3) is 0.400. The van der Waals surface area contributed by atoms with E-state index < -0.39 is 12.5 Å². The first kappa shape index (κ1) is 13.8. The highest BCUT2D eigenvalue weighted by molar-refractivity contribution is 7.60. The van der Waals surface area contributed by atoms with Crippen LogP contribution in [0.3, 0.4) is 0 Å². The SMILES string of the molecule is CCc1c([N+](=O)[O-])ccc(P(=O)(O)O)c1CC. The van der Waals surface area contributed by atoms with Crippen molar-refractivity contribution in [1.29, 1.82) is 0 Å². The van der Waals surface area contributed by atoms with Crippen LogP contribution in [0.5, 0.6) is 0 Å². The molecule has 0 unspecified atom stereocenters. The highest BCUT2D eigenvalue weighted by atomic mass is 31.2. The van der Waals surface area contributed by atoms with E-state index in [0.717, 1.165) is 12.1 Å². The van der Waals surface area contributed by atoms with Crippen molar-refractivity contribution < 1.29 is 19.3 Å². The largest absolute Gasteiger partial charge is 0.356 e. The summed E-state index contributed by atoms with van der Waals surface area (Å²) in [4.78, 5) is 28.7. The van der Waals surface area contributed by atoms with Crippen LogP contribution >= 0.6 is 7.60 Å². The number of rotatable bonds is 4. The summed E-state index contributed by atoms with van der Waals surface area (Å²) in [6.07, 6.45) is 0.721. The molecule has 6 nitrogen and oxygen atoms in total. The Balaban J connectivity index is 3.60. The lowest BCUT2D eigenvalue weighted by Crippen LogP contribution is -2.15. The Morgan fingerprint density at radius 2 is 1.76 bits per heavy atom. The Hall–Kier alpha value is -1.23. The second-order valence-corrected chi connectivity index (χ2v) is 5.14. The van der Waals surface area contributed by atoms with Crippen molar-refractivity contribution in [3.63, 3.8) is 0 Å². The Kier molecular flexibility index (Phi) is 4.03. The molecule has 0 spiro atoms. The fourth-order valence-corrected chi connectivity index (χ4v) is 2.81. The molecule has 1 rings (SSSR count). The first-order valence-electron chi connectivity index (χ1n) is 5.18. The van der Waals surface area contributed by atoms with Gasteiger partial charge in [0.25, 0.3) is 5.69 Å². The summed E-state index contributed by atoms with van der Waals surface area (Å²) in [5, 5.41) is 10.7. The monoisotopic (exact) mass is 259 g/mol. The van der Waals surface area contributed by atoms with Gasteiger partial charge in [-0.2, -0.15) is 0 Å². The van der Waals surface area contributed by atoms with Gasteiger partial charge in [0.1, 0.15) is 0 Å². The molecule has 0 aliphatic heterocycles. The lowest BCUT2D eigenvalue weighted by Gasteiger charge is -2.13. The maximum Gasteiger partial charge on any atom is 0.356 e. The third-order valence-corrected chi connectivity index (χ3v) is 3.65. The minimum Gasteiger partial charge on any atom is -0.321 e. The van der Waals surface area contributed by atoms with Gasteiger partial charge in [0.05, 0.1) is 10.2 Å². The van der Waals surface area contributed by atoms with Crippen LogP contribution in [0.2, 0.25) is 0 Å². The van der Waals surface area contributed by atoms with Crippen LogP contribution in [0, 0.1) is 10.1 Å². The van der Waals surface area contributed by atoms with Gasteiger partial charge in [-0.1, -0.05) is 13.8 Å². The molecular weight excluding hydrogens is 245 g/mol. The summed E-state index contributed by atoms with van der Waals surface area (Å²) in [5.41, 5.74) is 0.704. The molecule has 0 fully saturated rings. The molecule has 1 aromatic carbocycles. The Labute approximate surface area is 98.6 Å². The van der Waals surface area contributed by atoms with Gasteiger partial charge in [-0.3, -0.25) is 14.7 Å². The summed E-state index contributed by atoms with van der Waals surface area (Å²) in [7, 11) is -4.39. The molecule has 0 saturated heterocycles. The highest BCUT2D eigenvalue weighted by Crippen LogP contribution is 2.37. The number of nitrogens with zero attached hydrogens (tertiary/aromatic N) is 1. The van der Waals surface area contributed by atoms with Gasteiger partial charge in [0, 0.05) is 11.6 Å². The van der Waals surface area contributed by atoms with E-state index in [4.69, 9.17) is 0 Å². The van der Waals surface area contributed by atoms with Crippen LogP contribution in [-0.4, -0.2) is 14.7 Å². The normalized spacial score (nSPS) is 11.5. The summed E-state index contributed by atoms with van der Waals surface area (Å²) in [5.74, 6) is 0. The van der Waals surface area contributed by atoms with E-state index in [1.54, 1.807) is 13.8 Å². The second-order valence-electron chi connectivity index (χ2n) is 3.57. The van der Waals surface area contributed by atoms with E-state index in [0.29, 0.717) is 24.0 Å². The van der Waals surface area contributed by atoms with Crippen LogP contribution < -0.4 is 5.30 Å². The molecule has 0 saturated carbocycles. The smallest absolute Gasteiger partial charge is 0.321 e. The molecule has 0 aliphatic carbocycles. The van der Waals surface area contributed by atoms with Crippen LogP contribution in [0.25, 0.3) is 0 Å². The quantitative estimate of drug-likeness (QED) is 0.485. The third-order valence-electron chi connectivity index (χ3n) is 2.60. The molecule has 0 aliphatic rings. The minimum absolute atomic E-state index is 0.0819. The van der Waals surface area contributed by atoms with Gasteiger partial charge < -0.3 is 9.79 Å². The topological polar surface area (TPSA) is 101 Å². The molecule has 0 atom stereocenters. The predicted octanol–water partition coefficient (Wildman–Crippen LogP) is 1.52. The summed E-state index contributed by atoms with van der Waals surface area (Å²) < 4.78 is 11.3. The van der Waals surface area contributed by atoms with Gasteiger partial charge >= 0.3 is 7.60 Å². The number of hydrogen-bond donors (Lipinski definition) is 2. The molecule has 2 N–H and O–H groups in total. The Morgan fingerprint density at radius 3 is 2.12 bits per heavy atom. The molecule has 0 amide bonds. The van der Waals surface area contributed by atoms with E-state index in [2.05, 4.69) is 0 Å². The number of nitro groups is 1. The maximum atomic E-state index is 11.3. The van der Waals surface area contributed by atoms with Crippen molar-refractivity contribution in [2.24, 2.45) is 0 Å². The fourth-order valence-electron chi connectivity index (χ4n) is 1.90. The van der Waals surface area contributed by atoms with Gasteiger partial charge in [-0.15, -0.1) is 0 Å². The van der Waals surface area contributed by atoms with Crippen molar-refractivity contribution in [2.45, 2.75) is 26.7 Å². The molecule has 17 heavy (non-hydrogen) atoms. The van der Waals surface area contributed by atoms with Gasteiger partial charge in [0.2, 0.25) is 0 Å². The average molecular weight is 259 g/mol. The van der Waals surface area contributed by atoms with E-state index >= 15 is 0 Å². The Bertz CT molecular complexity index is 494. The third kappa shape index (κ3) is 2.72. The van der Waals surface area contributed by atoms with Gasteiger partial charge in [0.15, 0.2) is 0 Å². The van der Waals surface area contributed by atoms with Crippen molar-refractivity contribution in [3.05, 3.63) is 33.4 Å². The van der Waals surface area contributed by atoms with Crippen LogP contribution in [0.1, 0.15) is 25.0 Å². The predicted molar refractivity (Wildman–Crippen MR) is 63.5 cm³/mol. The van der Waals surface area contributed by atoms with E-state index in [9.17, 15) is 24.5 Å². The molecule has 0 heterocycles. The zero-order valence-corrected chi connectivity index (χ0v) is 10.5. The Morgan fingerprint density at radius 1 is 1.24 bits per heavy atom. The molecule has 7 heteroatoms. The molecular formula is C10H14NO5P. The summed E-state index contributed by atoms with van der Waals surface area (Å²) in [6, 6.07) is 2.31. The molecule has 0 radical (unpaired) electrons. The van der Waals surface area contributed by atoms with Crippen molar-refractivity contribution in [1.82, 2.24) is 0 Å². The first-order valence-corrected chi connectivity index (χ1v) is 6.79. The lowest BCUT2D eigenvalue weighted by molar-refractivity contribution is -0.385. The minimum atomic E-state index is -4.39. The van der Waals surface area contributed by atoms with Crippen LogP contribution in [0.4, 0.5) is 5.69 Å². The highest BCUT2D eigenvalue weighted by Gasteiger charge is 2.26. The number of hydrogen-bond acceptors (Lipinski definition) is 3. The van der Waals surface area contributed by atoms with Crippen molar-refractivity contribution in [2.75, 3.05) is 0 Å². The van der Waals surface area contributed by atoms with Crippen LogP contribution in [0.15, 0.2) is 12.1 Å².